The molecule has 3 rings (SSSR count). The first kappa shape index (κ1) is 11.4. The van der Waals surface area contributed by atoms with Gasteiger partial charge >= 0.3 is 0 Å². The SMILES string of the molecule is [C-]#[N+]c1cc(-c2cc(C)ccn2)c2ccccc2c1. The van der Waals surface area contributed by atoms with E-state index in [1.807, 2.05) is 49.5 Å². The predicted octanol–water partition coefficient (Wildman–Crippen LogP) is 4.76. The maximum absolute atomic E-state index is 7.22. The van der Waals surface area contributed by atoms with Crippen molar-refractivity contribution in [2.24, 2.45) is 0 Å². The predicted molar refractivity (Wildman–Crippen MR) is 78.2 cm³/mol. The highest BCUT2D eigenvalue weighted by Crippen LogP contribution is 2.32. The molecule has 0 aliphatic heterocycles. The lowest BCUT2D eigenvalue weighted by molar-refractivity contribution is 1.29. The van der Waals surface area contributed by atoms with E-state index in [9.17, 15) is 0 Å². The average Bonchev–Trinajstić information content (AvgIpc) is 2.46. The minimum absolute atomic E-state index is 0.650. The quantitative estimate of drug-likeness (QED) is 0.564. The van der Waals surface area contributed by atoms with Crippen molar-refractivity contribution in [3.05, 3.63) is 71.7 Å². The molecule has 19 heavy (non-hydrogen) atoms. The van der Waals surface area contributed by atoms with Crippen molar-refractivity contribution >= 4 is 16.5 Å². The highest BCUT2D eigenvalue weighted by molar-refractivity contribution is 5.98. The number of fused-ring (bicyclic) bond motifs is 1. The first-order valence-electron chi connectivity index (χ1n) is 6.11. The first-order valence-corrected chi connectivity index (χ1v) is 6.11. The zero-order valence-corrected chi connectivity index (χ0v) is 10.6. The largest absolute Gasteiger partial charge is 0.256 e. The Morgan fingerprint density at radius 1 is 1.05 bits per heavy atom. The van der Waals surface area contributed by atoms with Gasteiger partial charge in [-0.05, 0) is 53.1 Å². The van der Waals surface area contributed by atoms with Crippen LogP contribution in [0.5, 0.6) is 0 Å². The Bertz CT molecular complexity index is 798. The first-order chi connectivity index (χ1) is 9.28. The van der Waals surface area contributed by atoms with Crippen LogP contribution in [0.3, 0.4) is 0 Å². The maximum atomic E-state index is 7.22. The molecular weight excluding hydrogens is 232 g/mol. The summed E-state index contributed by atoms with van der Waals surface area (Å²) < 4.78 is 0. The number of nitrogens with zero attached hydrogens (tertiary/aromatic N) is 2. The number of pyridine rings is 1. The number of aryl methyl sites for hydroxylation is 1. The van der Waals surface area contributed by atoms with Crippen LogP contribution in [0.15, 0.2) is 54.7 Å². The average molecular weight is 244 g/mol. The number of hydrogen-bond donors (Lipinski definition) is 0. The smallest absolute Gasteiger partial charge is 0.188 e. The van der Waals surface area contributed by atoms with Gasteiger partial charge in [0.1, 0.15) is 0 Å². The number of aromatic nitrogens is 1. The van der Waals surface area contributed by atoms with Crippen molar-refractivity contribution in [3.8, 4) is 11.3 Å². The molecule has 2 aromatic carbocycles. The minimum atomic E-state index is 0.650. The Labute approximate surface area is 112 Å². The monoisotopic (exact) mass is 244 g/mol. The summed E-state index contributed by atoms with van der Waals surface area (Å²) in [7, 11) is 0. The van der Waals surface area contributed by atoms with Crippen LogP contribution in [0.25, 0.3) is 26.9 Å². The fourth-order valence-corrected chi connectivity index (χ4v) is 2.25. The summed E-state index contributed by atoms with van der Waals surface area (Å²) in [5.74, 6) is 0. The van der Waals surface area contributed by atoms with E-state index in [1.165, 1.54) is 5.56 Å². The second kappa shape index (κ2) is 4.55. The molecule has 0 atom stereocenters. The third kappa shape index (κ3) is 2.07. The second-order valence-corrected chi connectivity index (χ2v) is 4.54. The van der Waals surface area contributed by atoms with Gasteiger partial charge in [0, 0.05) is 6.20 Å². The Balaban J connectivity index is 2.36. The summed E-state index contributed by atoms with van der Waals surface area (Å²) in [6, 6.07) is 16.0. The molecule has 0 N–H and O–H groups in total. The summed E-state index contributed by atoms with van der Waals surface area (Å²) in [6.45, 7) is 9.27. The second-order valence-electron chi connectivity index (χ2n) is 4.54. The van der Waals surface area contributed by atoms with Crippen molar-refractivity contribution in [1.29, 1.82) is 0 Å². The summed E-state index contributed by atoms with van der Waals surface area (Å²) >= 11 is 0. The summed E-state index contributed by atoms with van der Waals surface area (Å²) in [4.78, 5) is 7.98. The Hall–Kier alpha value is -2.66. The van der Waals surface area contributed by atoms with Gasteiger partial charge in [0.15, 0.2) is 5.69 Å². The molecule has 0 fully saturated rings. The molecule has 0 bridgehead atoms. The van der Waals surface area contributed by atoms with Gasteiger partial charge in [-0.2, -0.15) is 0 Å². The van der Waals surface area contributed by atoms with Crippen LogP contribution in [-0.4, -0.2) is 4.98 Å². The van der Waals surface area contributed by atoms with Gasteiger partial charge in [0.25, 0.3) is 0 Å². The van der Waals surface area contributed by atoms with E-state index in [2.05, 4.69) is 22.0 Å². The van der Waals surface area contributed by atoms with Crippen LogP contribution in [0.4, 0.5) is 5.69 Å². The summed E-state index contributed by atoms with van der Waals surface area (Å²) in [5, 5.41) is 2.21. The molecule has 0 spiro atoms. The van der Waals surface area contributed by atoms with Gasteiger partial charge in [0.2, 0.25) is 0 Å². The third-order valence-electron chi connectivity index (χ3n) is 3.17. The molecule has 0 saturated heterocycles. The minimum Gasteiger partial charge on any atom is -0.256 e. The van der Waals surface area contributed by atoms with Crippen LogP contribution in [0.1, 0.15) is 5.56 Å². The fourth-order valence-electron chi connectivity index (χ4n) is 2.25. The normalized spacial score (nSPS) is 10.3. The van der Waals surface area contributed by atoms with Crippen molar-refractivity contribution in [1.82, 2.24) is 4.98 Å². The number of benzene rings is 2. The molecule has 0 amide bonds. The molecule has 90 valence electrons. The molecule has 0 aliphatic rings. The molecule has 0 radical (unpaired) electrons. The van der Waals surface area contributed by atoms with E-state index >= 15 is 0 Å². The van der Waals surface area contributed by atoms with E-state index in [1.54, 1.807) is 0 Å². The van der Waals surface area contributed by atoms with Gasteiger partial charge in [-0.25, -0.2) is 4.85 Å². The summed E-state index contributed by atoms with van der Waals surface area (Å²) in [6.07, 6.45) is 1.81. The Morgan fingerprint density at radius 2 is 1.89 bits per heavy atom. The van der Waals surface area contributed by atoms with Crippen LogP contribution in [0.2, 0.25) is 0 Å². The molecule has 2 nitrogen and oxygen atoms in total. The van der Waals surface area contributed by atoms with Crippen molar-refractivity contribution in [3.63, 3.8) is 0 Å². The lowest BCUT2D eigenvalue weighted by Crippen LogP contribution is -1.86. The van der Waals surface area contributed by atoms with Crippen LogP contribution >= 0.6 is 0 Å². The molecule has 1 aromatic heterocycles. The molecule has 0 aliphatic carbocycles. The van der Waals surface area contributed by atoms with Gasteiger partial charge in [0.05, 0.1) is 12.3 Å². The van der Waals surface area contributed by atoms with Gasteiger partial charge in [-0.1, -0.05) is 24.3 Å². The van der Waals surface area contributed by atoms with E-state index < -0.39 is 0 Å². The zero-order valence-electron chi connectivity index (χ0n) is 10.6. The Kier molecular flexibility index (Phi) is 2.74. The van der Waals surface area contributed by atoms with Gasteiger partial charge in [-0.15, -0.1) is 0 Å². The van der Waals surface area contributed by atoms with Gasteiger partial charge < -0.3 is 0 Å². The maximum Gasteiger partial charge on any atom is 0.188 e. The number of hydrogen-bond acceptors (Lipinski definition) is 1. The van der Waals surface area contributed by atoms with Crippen molar-refractivity contribution < 1.29 is 0 Å². The topological polar surface area (TPSA) is 17.2 Å². The molecule has 0 saturated carbocycles. The number of rotatable bonds is 1. The van der Waals surface area contributed by atoms with Crippen LogP contribution < -0.4 is 0 Å². The fraction of sp³-hybridized carbons (Fsp3) is 0.0588. The summed E-state index contributed by atoms with van der Waals surface area (Å²) in [5.41, 5.74) is 3.76. The van der Waals surface area contributed by atoms with E-state index in [0.29, 0.717) is 5.69 Å². The molecule has 0 unspecified atom stereocenters. The van der Waals surface area contributed by atoms with Gasteiger partial charge in [-0.3, -0.25) is 4.98 Å². The van der Waals surface area contributed by atoms with E-state index in [-0.39, 0.29) is 0 Å². The van der Waals surface area contributed by atoms with Crippen molar-refractivity contribution in [2.75, 3.05) is 0 Å². The lowest BCUT2D eigenvalue weighted by atomic mass is 10.00. The zero-order chi connectivity index (χ0) is 13.2. The standard InChI is InChI=1S/C17H12N2/c1-12-7-8-19-17(9-12)16-11-14(18-2)10-13-5-3-4-6-15(13)16/h3-11H,1H3. The molecule has 3 aromatic rings. The molecular formula is C17H12N2. The highest BCUT2D eigenvalue weighted by atomic mass is 14.7. The third-order valence-corrected chi connectivity index (χ3v) is 3.17. The lowest BCUT2D eigenvalue weighted by Gasteiger charge is -2.08. The van der Waals surface area contributed by atoms with E-state index in [0.717, 1.165) is 22.0 Å². The van der Waals surface area contributed by atoms with Crippen LogP contribution in [0, 0.1) is 13.5 Å². The van der Waals surface area contributed by atoms with Crippen LogP contribution in [-0.2, 0) is 0 Å². The molecule has 1 heterocycles. The highest BCUT2D eigenvalue weighted by Gasteiger charge is 2.07. The molecule has 2 heteroatoms. The van der Waals surface area contributed by atoms with Crippen molar-refractivity contribution in [2.45, 2.75) is 6.92 Å². The Morgan fingerprint density at radius 3 is 2.68 bits per heavy atom. The van der Waals surface area contributed by atoms with E-state index in [4.69, 9.17) is 6.57 Å².